The van der Waals surface area contributed by atoms with Gasteiger partial charge in [0.2, 0.25) is 0 Å². The van der Waals surface area contributed by atoms with E-state index in [1.54, 1.807) is 23.3 Å². The molecule has 50 heavy (non-hydrogen) atoms. The van der Waals surface area contributed by atoms with Crippen molar-refractivity contribution in [1.82, 2.24) is 0 Å². The van der Waals surface area contributed by atoms with Gasteiger partial charge in [-0.15, -0.1) is 69.1 Å². The first-order chi connectivity index (χ1) is 22.3. The van der Waals surface area contributed by atoms with E-state index >= 15 is 0 Å². The topological polar surface area (TPSA) is 0 Å². The van der Waals surface area contributed by atoms with Crippen molar-refractivity contribution < 1.29 is 48.1 Å². The van der Waals surface area contributed by atoms with Gasteiger partial charge >= 0.3 is 41.9 Å². The Morgan fingerprint density at radius 1 is 0.500 bits per heavy atom. The van der Waals surface area contributed by atoms with Gasteiger partial charge in [0.1, 0.15) is 0 Å². The largest absolute Gasteiger partial charge is 1.00 e. The summed E-state index contributed by atoms with van der Waals surface area (Å²) in [6, 6.07) is 31.8. The molecule has 6 aromatic rings. The van der Waals surface area contributed by atoms with Crippen molar-refractivity contribution >= 4 is 27.0 Å². The minimum Gasteiger partial charge on any atom is -1.00 e. The van der Waals surface area contributed by atoms with Crippen molar-refractivity contribution in [1.29, 1.82) is 0 Å². The molecule has 264 valence electrons. The molecule has 0 bridgehead atoms. The van der Waals surface area contributed by atoms with E-state index in [1.165, 1.54) is 88.3 Å². The molecule has 0 fully saturated rings. The molecule has 0 unspecified atom stereocenters. The molecule has 0 aromatic heterocycles. The fraction of sp³-hybridized carbons (Fsp3) is 0.348. The van der Waals surface area contributed by atoms with Crippen molar-refractivity contribution in [3.63, 3.8) is 0 Å². The van der Waals surface area contributed by atoms with Gasteiger partial charge in [-0.2, -0.15) is 11.1 Å². The van der Waals surface area contributed by atoms with Crippen molar-refractivity contribution in [3.05, 3.63) is 129 Å². The average molecular weight is 799 g/mol. The standard InChI is InChI=1S/2C22H25.C2H6Si.2ClH.Zr/c2*1-14-10-15(2)12-18(11-14)19-9-7-8-17-13-20(22(4,5)6)16(3)21(17)19;1-3-2;;;/h2*7-13H,1-6H3;1-2H3;2*1H;/q2*-1;;;;+2/p-2. The second kappa shape index (κ2) is 17.5. The van der Waals surface area contributed by atoms with Crippen molar-refractivity contribution in [2.24, 2.45) is 0 Å². The number of rotatable bonds is 2. The van der Waals surface area contributed by atoms with Crippen LogP contribution in [0.3, 0.4) is 0 Å². The van der Waals surface area contributed by atoms with Crippen molar-refractivity contribution in [3.8, 4) is 22.3 Å². The van der Waals surface area contributed by atoms with E-state index in [1.807, 2.05) is 0 Å². The van der Waals surface area contributed by atoms with Crippen LogP contribution < -0.4 is 24.8 Å². The molecule has 0 aliphatic carbocycles. The molecule has 0 saturated heterocycles. The number of benzene rings is 4. The molecule has 0 atom stereocenters. The molecule has 6 aromatic carbocycles. The third-order valence-electron chi connectivity index (χ3n) is 9.03. The van der Waals surface area contributed by atoms with E-state index in [9.17, 15) is 0 Å². The quantitative estimate of drug-likeness (QED) is 0.125. The van der Waals surface area contributed by atoms with Crippen LogP contribution in [0, 0.1) is 41.5 Å². The molecule has 4 heteroatoms. The van der Waals surface area contributed by atoms with Gasteiger partial charge in [0.05, 0.1) is 0 Å². The zero-order valence-corrected chi connectivity index (χ0v) is 37.8. The van der Waals surface area contributed by atoms with Gasteiger partial charge in [0.25, 0.3) is 0 Å². The molecule has 0 aliphatic rings. The van der Waals surface area contributed by atoms with Crippen LogP contribution in [0.4, 0.5) is 0 Å². The molecule has 0 nitrogen and oxygen atoms in total. The normalized spacial score (nSPS) is 11.2. The second-order valence-electron chi connectivity index (χ2n) is 16.2. The van der Waals surface area contributed by atoms with E-state index in [2.05, 4.69) is 181 Å². The maximum absolute atomic E-state index is 2.37. The van der Waals surface area contributed by atoms with Crippen LogP contribution in [-0.4, -0.2) is 5.43 Å². The smallest absolute Gasteiger partial charge is 0.0274 e. The Hall–Kier alpha value is -2.22. The summed E-state index contributed by atoms with van der Waals surface area (Å²) in [5.74, 6) is 0. The fourth-order valence-electron chi connectivity index (χ4n) is 7.31. The Labute approximate surface area is 331 Å². The first-order valence-electron chi connectivity index (χ1n) is 17.4. The van der Waals surface area contributed by atoms with E-state index in [4.69, 9.17) is 0 Å². The molecular formula is C46H56Cl2SiZr-2. The molecule has 0 heterocycles. The minimum absolute atomic E-state index is 0. The van der Waals surface area contributed by atoms with Gasteiger partial charge in [0, 0.05) is 0 Å². The molecule has 0 amide bonds. The van der Waals surface area contributed by atoms with Crippen molar-refractivity contribution in [2.45, 2.75) is 107 Å². The van der Waals surface area contributed by atoms with Crippen LogP contribution >= 0.6 is 0 Å². The SMILES string of the molecule is C[Si](C)=[Zr+2].Cc1cc(C)cc(-c2cccc3[cH-]c(C(C)(C)C)c(C)c23)c1.Cc1cc(C)cc(-c2cccc3[cH-]c(C(C)(C)C)c(C)c23)c1.[Cl-].[Cl-]. The van der Waals surface area contributed by atoms with E-state index in [0.717, 1.165) is 0 Å². The third kappa shape index (κ3) is 10.4. The van der Waals surface area contributed by atoms with E-state index < -0.39 is 0 Å². The summed E-state index contributed by atoms with van der Waals surface area (Å²) >= 11 is 1.74. The van der Waals surface area contributed by atoms with Gasteiger partial charge < -0.3 is 24.8 Å². The van der Waals surface area contributed by atoms with Crippen LogP contribution in [0.15, 0.2) is 84.9 Å². The first kappa shape index (κ1) is 43.9. The molecule has 0 spiro atoms. The first-order valence-corrected chi connectivity index (χ1v) is 23.5. The predicted molar refractivity (Wildman–Crippen MR) is 213 cm³/mol. The van der Waals surface area contributed by atoms with Crippen LogP contribution in [-0.2, 0) is 34.2 Å². The predicted octanol–water partition coefficient (Wildman–Crippen LogP) is 7.69. The summed E-state index contributed by atoms with van der Waals surface area (Å²) in [7, 11) is 0. The number of aryl methyl sites for hydroxylation is 6. The minimum atomic E-state index is 0. The summed E-state index contributed by atoms with van der Waals surface area (Å²) in [4.78, 5) is 0. The summed E-state index contributed by atoms with van der Waals surface area (Å²) in [5.41, 5.74) is 17.0. The second-order valence-corrected chi connectivity index (χ2v) is 25.5. The molecule has 0 N–H and O–H groups in total. The summed E-state index contributed by atoms with van der Waals surface area (Å²) < 4.78 is 0. The average Bonchev–Trinajstić information content (AvgIpc) is 3.49. The van der Waals surface area contributed by atoms with E-state index in [0.29, 0.717) is 0 Å². The molecule has 0 aliphatic heterocycles. The number of hydrogen-bond acceptors (Lipinski definition) is 0. The maximum atomic E-state index is 2.37. The van der Waals surface area contributed by atoms with Crippen LogP contribution in [0.25, 0.3) is 43.8 Å². The van der Waals surface area contributed by atoms with Crippen LogP contribution in [0.1, 0.15) is 86.1 Å². The molecule has 6 rings (SSSR count). The van der Waals surface area contributed by atoms with Gasteiger partial charge in [-0.1, -0.05) is 137 Å². The Morgan fingerprint density at radius 2 is 0.780 bits per heavy atom. The monoisotopic (exact) mass is 796 g/mol. The van der Waals surface area contributed by atoms with Crippen LogP contribution in [0.5, 0.6) is 0 Å². The number of hydrogen-bond donors (Lipinski definition) is 0. The molecule has 0 radical (unpaired) electrons. The van der Waals surface area contributed by atoms with Crippen LogP contribution in [0.2, 0.25) is 13.1 Å². The number of halogens is 2. The Bertz CT molecular complexity index is 1900. The molecule has 0 saturated carbocycles. The summed E-state index contributed by atoms with van der Waals surface area (Å²) in [6.45, 7) is 31.6. The Kier molecular flexibility index (Phi) is 15.4. The van der Waals surface area contributed by atoms with Crippen molar-refractivity contribution in [2.75, 3.05) is 0 Å². The van der Waals surface area contributed by atoms with E-state index in [-0.39, 0.29) is 41.1 Å². The zero-order chi connectivity index (χ0) is 35.7. The third-order valence-corrected chi connectivity index (χ3v) is 9.03. The maximum Gasteiger partial charge on any atom is -0.0274 e. The molecular weight excluding hydrogens is 743 g/mol. The Morgan fingerprint density at radius 3 is 1.04 bits per heavy atom. The summed E-state index contributed by atoms with van der Waals surface area (Å²) in [6.07, 6.45) is 0. The van der Waals surface area contributed by atoms with Gasteiger partial charge in [0.15, 0.2) is 0 Å². The van der Waals surface area contributed by atoms with Gasteiger partial charge in [-0.3, -0.25) is 0 Å². The zero-order valence-electron chi connectivity index (χ0n) is 32.8. The Balaban J connectivity index is 0.000000303. The van der Waals surface area contributed by atoms with Gasteiger partial charge in [-0.05, 0) is 49.7 Å². The fourth-order valence-corrected chi connectivity index (χ4v) is 7.31. The van der Waals surface area contributed by atoms with Gasteiger partial charge in [-0.25, -0.2) is 0 Å². The summed E-state index contributed by atoms with van der Waals surface area (Å²) in [5, 5.41) is 5.55. The number of fused-ring (bicyclic) bond motifs is 2.